The normalized spacial score (nSPS) is 19.3. The second-order valence-corrected chi connectivity index (χ2v) is 4.50. The Morgan fingerprint density at radius 2 is 2.21 bits per heavy atom. The molecule has 1 heterocycles. The fraction of sp³-hybridized carbons (Fsp3) is 0.417. The van der Waals surface area contributed by atoms with Gasteiger partial charge in [-0.25, -0.2) is 4.39 Å². The summed E-state index contributed by atoms with van der Waals surface area (Å²) in [5.74, 6) is -1.32. The van der Waals surface area contributed by atoms with Crippen LogP contribution in [0.3, 0.4) is 0 Å². The number of hydrogen-bond donors (Lipinski definition) is 1. The summed E-state index contributed by atoms with van der Waals surface area (Å²) in [6, 6.07) is 2.78. The summed E-state index contributed by atoms with van der Waals surface area (Å²) in [6.45, 7) is 0.628. The quantitative estimate of drug-likeness (QED) is 0.648. The zero-order valence-corrected chi connectivity index (χ0v) is 10.1. The molecule has 0 unspecified atom stereocenters. The first-order valence-corrected chi connectivity index (χ1v) is 5.89. The van der Waals surface area contributed by atoms with Crippen LogP contribution in [0.2, 0.25) is 0 Å². The van der Waals surface area contributed by atoms with Crippen LogP contribution >= 0.6 is 0 Å². The molecular formula is C12H13FN2O4. The minimum atomic E-state index is -0.824. The van der Waals surface area contributed by atoms with Gasteiger partial charge in [-0.1, -0.05) is 0 Å². The van der Waals surface area contributed by atoms with Gasteiger partial charge in [-0.05, 0) is 18.9 Å². The van der Waals surface area contributed by atoms with E-state index in [9.17, 15) is 24.4 Å². The molecule has 19 heavy (non-hydrogen) atoms. The second kappa shape index (κ2) is 5.31. The summed E-state index contributed by atoms with van der Waals surface area (Å²) in [4.78, 5) is 23.4. The van der Waals surface area contributed by atoms with E-state index in [0.29, 0.717) is 19.4 Å². The van der Waals surface area contributed by atoms with Gasteiger partial charge in [0.1, 0.15) is 5.82 Å². The average molecular weight is 268 g/mol. The highest BCUT2D eigenvalue weighted by molar-refractivity contribution is 5.95. The molecule has 1 aromatic carbocycles. The Kier molecular flexibility index (Phi) is 3.75. The van der Waals surface area contributed by atoms with Gasteiger partial charge in [-0.3, -0.25) is 14.9 Å². The lowest BCUT2D eigenvalue weighted by atomic mass is 10.1. The highest BCUT2D eigenvalue weighted by atomic mass is 19.1. The van der Waals surface area contributed by atoms with Gasteiger partial charge in [0, 0.05) is 24.7 Å². The van der Waals surface area contributed by atoms with E-state index in [4.69, 9.17) is 0 Å². The summed E-state index contributed by atoms with van der Waals surface area (Å²) in [5, 5.41) is 20.1. The van der Waals surface area contributed by atoms with Gasteiger partial charge in [0.05, 0.1) is 17.1 Å². The van der Waals surface area contributed by atoms with Crippen molar-refractivity contribution < 1.29 is 19.2 Å². The first kappa shape index (κ1) is 13.4. The van der Waals surface area contributed by atoms with E-state index in [1.165, 1.54) is 4.90 Å². The van der Waals surface area contributed by atoms with E-state index in [0.717, 1.165) is 18.2 Å². The maximum Gasteiger partial charge on any atom is 0.273 e. The third kappa shape index (κ3) is 3.05. The summed E-state index contributed by atoms with van der Waals surface area (Å²) in [7, 11) is 0. The van der Waals surface area contributed by atoms with E-state index in [1.807, 2.05) is 0 Å². The van der Waals surface area contributed by atoms with E-state index in [2.05, 4.69) is 0 Å². The number of nitro benzene ring substituents is 1. The number of halogens is 1. The number of aliphatic hydroxyl groups excluding tert-OH is 1. The molecule has 6 nitrogen and oxygen atoms in total. The molecule has 0 saturated carbocycles. The standard InChI is InChI=1S/C12H13FN2O4/c13-9-4-8(5-10(6-9)15(18)19)12(17)14-3-1-2-11(16)7-14/h4-6,11,16H,1-3,7H2/t11-/m0/s1. The summed E-state index contributed by atoms with van der Waals surface area (Å²) < 4.78 is 13.3. The van der Waals surface area contributed by atoms with Crippen molar-refractivity contribution in [2.45, 2.75) is 18.9 Å². The molecule has 0 aromatic heterocycles. The van der Waals surface area contributed by atoms with Crippen molar-refractivity contribution in [2.24, 2.45) is 0 Å². The van der Waals surface area contributed by atoms with E-state index in [1.54, 1.807) is 0 Å². The van der Waals surface area contributed by atoms with Crippen LogP contribution in [0, 0.1) is 15.9 Å². The molecule has 1 fully saturated rings. The highest BCUT2D eigenvalue weighted by Gasteiger charge is 2.24. The lowest BCUT2D eigenvalue weighted by Gasteiger charge is -2.30. The number of carbonyl (C=O) groups excluding carboxylic acids is 1. The molecule has 2 rings (SSSR count). The van der Waals surface area contributed by atoms with E-state index >= 15 is 0 Å². The van der Waals surface area contributed by atoms with Crippen molar-refractivity contribution in [1.29, 1.82) is 0 Å². The number of β-amino-alcohol motifs (C(OH)–C–C–N with tert-alkyl or cyclic N) is 1. The first-order valence-electron chi connectivity index (χ1n) is 5.89. The highest BCUT2D eigenvalue weighted by Crippen LogP contribution is 2.19. The van der Waals surface area contributed by atoms with Crippen LogP contribution in [-0.2, 0) is 0 Å². The number of hydrogen-bond acceptors (Lipinski definition) is 4. The Morgan fingerprint density at radius 1 is 1.47 bits per heavy atom. The van der Waals surface area contributed by atoms with Crippen molar-refractivity contribution in [3.63, 3.8) is 0 Å². The minimum Gasteiger partial charge on any atom is -0.391 e. The molecule has 0 spiro atoms. The molecule has 0 aliphatic carbocycles. The van der Waals surface area contributed by atoms with Gasteiger partial charge in [0.15, 0.2) is 0 Å². The molecule has 1 saturated heterocycles. The number of benzene rings is 1. The van der Waals surface area contributed by atoms with Gasteiger partial charge in [0.2, 0.25) is 0 Å². The first-order chi connectivity index (χ1) is 8.97. The van der Waals surface area contributed by atoms with Crippen LogP contribution in [0.1, 0.15) is 23.2 Å². The number of piperidine rings is 1. The van der Waals surface area contributed by atoms with Crippen LogP contribution in [0.15, 0.2) is 18.2 Å². The molecule has 102 valence electrons. The van der Waals surface area contributed by atoms with Crippen molar-refractivity contribution >= 4 is 11.6 Å². The molecule has 1 amide bonds. The van der Waals surface area contributed by atoms with Crippen LogP contribution in [0.5, 0.6) is 0 Å². The van der Waals surface area contributed by atoms with Gasteiger partial charge in [0.25, 0.3) is 11.6 Å². The Bertz CT molecular complexity index is 520. The van der Waals surface area contributed by atoms with Gasteiger partial charge >= 0.3 is 0 Å². The Balaban J connectivity index is 2.25. The predicted octanol–water partition coefficient (Wildman–Crippen LogP) is 1.33. The zero-order chi connectivity index (χ0) is 14.0. The van der Waals surface area contributed by atoms with Crippen molar-refractivity contribution in [3.8, 4) is 0 Å². The van der Waals surface area contributed by atoms with Crippen LogP contribution < -0.4 is 0 Å². The van der Waals surface area contributed by atoms with Crippen LogP contribution in [0.4, 0.5) is 10.1 Å². The van der Waals surface area contributed by atoms with Crippen molar-refractivity contribution in [2.75, 3.05) is 13.1 Å². The Hall–Kier alpha value is -2.02. The van der Waals surface area contributed by atoms with Gasteiger partial charge in [-0.2, -0.15) is 0 Å². The number of nitrogens with zero attached hydrogens (tertiary/aromatic N) is 2. The third-order valence-corrected chi connectivity index (χ3v) is 3.02. The number of likely N-dealkylation sites (tertiary alicyclic amines) is 1. The maximum absolute atomic E-state index is 13.3. The monoisotopic (exact) mass is 268 g/mol. The number of amides is 1. The SMILES string of the molecule is O=C(c1cc(F)cc([N+](=O)[O-])c1)N1CCC[C@H](O)C1. The molecule has 1 aliphatic rings. The maximum atomic E-state index is 13.3. The molecule has 1 aromatic rings. The number of aliphatic hydroxyl groups is 1. The summed E-state index contributed by atoms with van der Waals surface area (Å²) >= 11 is 0. The second-order valence-electron chi connectivity index (χ2n) is 4.50. The van der Waals surface area contributed by atoms with Gasteiger partial charge < -0.3 is 10.0 Å². The fourth-order valence-corrected chi connectivity index (χ4v) is 2.12. The molecule has 1 atom stereocenters. The van der Waals surface area contributed by atoms with E-state index < -0.39 is 28.4 Å². The number of non-ortho nitro benzene ring substituents is 1. The number of nitro groups is 1. The molecule has 7 heteroatoms. The Morgan fingerprint density at radius 3 is 2.84 bits per heavy atom. The number of carbonyl (C=O) groups is 1. The summed E-state index contributed by atoms with van der Waals surface area (Å²) in [6.07, 6.45) is 0.679. The topological polar surface area (TPSA) is 83.7 Å². The van der Waals surface area contributed by atoms with Crippen LogP contribution in [-0.4, -0.2) is 40.0 Å². The smallest absolute Gasteiger partial charge is 0.273 e. The van der Waals surface area contributed by atoms with Gasteiger partial charge in [-0.15, -0.1) is 0 Å². The molecule has 1 N–H and O–H groups in total. The molecule has 0 radical (unpaired) electrons. The molecular weight excluding hydrogens is 255 g/mol. The zero-order valence-electron chi connectivity index (χ0n) is 10.1. The molecule has 1 aliphatic heterocycles. The van der Waals surface area contributed by atoms with Crippen molar-refractivity contribution in [3.05, 3.63) is 39.7 Å². The third-order valence-electron chi connectivity index (χ3n) is 3.02. The largest absolute Gasteiger partial charge is 0.391 e. The van der Waals surface area contributed by atoms with Crippen LogP contribution in [0.25, 0.3) is 0 Å². The Labute approximate surface area is 108 Å². The average Bonchev–Trinajstić information content (AvgIpc) is 2.37. The predicted molar refractivity (Wildman–Crippen MR) is 64.2 cm³/mol. The lowest BCUT2D eigenvalue weighted by Crippen LogP contribution is -2.42. The minimum absolute atomic E-state index is 0.0687. The van der Waals surface area contributed by atoms with Crippen molar-refractivity contribution in [1.82, 2.24) is 4.90 Å². The summed E-state index contributed by atoms with van der Waals surface area (Å²) in [5.41, 5.74) is -0.526. The van der Waals surface area contributed by atoms with E-state index in [-0.39, 0.29) is 12.1 Å². The number of rotatable bonds is 2. The lowest BCUT2D eigenvalue weighted by molar-refractivity contribution is -0.385. The molecule has 0 bridgehead atoms. The fourth-order valence-electron chi connectivity index (χ4n) is 2.12.